The van der Waals surface area contributed by atoms with Gasteiger partial charge in [0.1, 0.15) is 17.1 Å². The van der Waals surface area contributed by atoms with E-state index in [1.165, 1.54) is 29.6 Å². The van der Waals surface area contributed by atoms with Crippen molar-refractivity contribution in [1.82, 2.24) is 9.88 Å². The van der Waals surface area contributed by atoms with Gasteiger partial charge in [-0.1, -0.05) is 6.07 Å². The highest BCUT2D eigenvalue weighted by Crippen LogP contribution is 2.35. The Morgan fingerprint density at radius 1 is 1.34 bits per heavy atom. The van der Waals surface area contributed by atoms with Gasteiger partial charge in [0.25, 0.3) is 5.91 Å². The number of nitrogens with one attached hydrogen (secondary N) is 1. The average Bonchev–Trinajstić information content (AvgIpc) is 3.29. The molecule has 1 aliphatic rings. The SMILES string of the molecule is Cc1ccc(Nc2c(C(=O)N3CCC(S(C)(=O)=O)C3)oc3ccncc23)c(F)c1. The van der Waals surface area contributed by atoms with Gasteiger partial charge in [-0.2, -0.15) is 0 Å². The number of carbonyl (C=O) groups is 1. The largest absolute Gasteiger partial charge is 0.448 e. The van der Waals surface area contributed by atoms with Crippen LogP contribution in [0.1, 0.15) is 22.5 Å². The lowest BCUT2D eigenvalue weighted by atomic mass is 10.2. The monoisotopic (exact) mass is 417 g/mol. The second kappa shape index (κ2) is 7.14. The van der Waals surface area contributed by atoms with Crippen molar-refractivity contribution in [2.75, 3.05) is 24.7 Å². The quantitative estimate of drug-likeness (QED) is 0.700. The molecule has 2 aromatic heterocycles. The fourth-order valence-electron chi connectivity index (χ4n) is 3.48. The van der Waals surface area contributed by atoms with Crippen LogP contribution >= 0.6 is 0 Å². The lowest BCUT2D eigenvalue weighted by Gasteiger charge is -2.16. The number of fused-ring (bicyclic) bond motifs is 1. The molecule has 7 nitrogen and oxygen atoms in total. The number of hydrogen-bond donors (Lipinski definition) is 1. The molecular weight excluding hydrogens is 397 g/mol. The Morgan fingerprint density at radius 2 is 2.14 bits per heavy atom. The number of hydrogen-bond acceptors (Lipinski definition) is 6. The van der Waals surface area contributed by atoms with Crippen LogP contribution in [0, 0.1) is 12.7 Å². The van der Waals surface area contributed by atoms with Crippen molar-refractivity contribution < 1.29 is 22.0 Å². The van der Waals surface area contributed by atoms with E-state index in [-0.39, 0.29) is 18.0 Å². The summed E-state index contributed by atoms with van der Waals surface area (Å²) in [6, 6.07) is 6.35. The molecule has 3 heterocycles. The molecule has 1 aliphatic heterocycles. The van der Waals surface area contributed by atoms with Gasteiger partial charge in [0.05, 0.1) is 16.3 Å². The van der Waals surface area contributed by atoms with Crippen molar-refractivity contribution in [3.63, 3.8) is 0 Å². The molecule has 1 fully saturated rings. The highest BCUT2D eigenvalue weighted by molar-refractivity contribution is 7.91. The first-order valence-corrected chi connectivity index (χ1v) is 11.1. The fraction of sp³-hybridized carbons (Fsp3) is 0.300. The van der Waals surface area contributed by atoms with Crippen molar-refractivity contribution in [1.29, 1.82) is 0 Å². The van der Waals surface area contributed by atoms with Crippen molar-refractivity contribution >= 4 is 38.1 Å². The maximum Gasteiger partial charge on any atom is 0.291 e. The molecule has 1 amide bonds. The topological polar surface area (TPSA) is 92.5 Å². The maximum atomic E-state index is 14.4. The molecule has 9 heteroatoms. The lowest BCUT2D eigenvalue weighted by molar-refractivity contribution is 0.0765. The summed E-state index contributed by atoms with van der Waals surface area (Å²) < 4.78 is 43.8. The second-order valence-corrected chi connectivity index (χ2v) is 9.60. The molecule has 29 heavy (non-hydrogen) atoms. The number of amides is 1. The standard InChI is InChI=1S/C20H20FN3O4S/c1-12-3-4-16(15(21)9-12)23-18-14-10-22-7-5-17(14)28-19(18)20(25)24-8-6-13(11-24)29(2,26)27/h3-5,7,9-10,13,23H,6,8,11H2,1-2H3. The van der Waals surface area contributed by atoms with Crippen LogP contribution in [-0.4, -0.2) is 48.8 Å². The van der Waals surface area contributed by atoms with E-state index in [9.17, 15) is 17.6 Å². The van der Waals surface area contributed by atoms with Crippen molar-refractivity contribution in [3.05, 3.63) is 53.8 Å². The first kappa shape index (κ1) is 19.4. The third kappa shape index (κ3) is 3.69. The minimum Gasteiger partial charge on any atom is -0.448 e. The van der Waals surface area contributed by atoms with Crippen LogP contribution in [0.2, 0.25) is 0 Å². The number of furan rings is 1. The summed E-state index contributed by atoms with van der Waals surface area (Å²) in [5.41, 5.74) is 1.71. The number of anilines is 2. The number of likely N-dealkylation sites (tertiary alicyclic amines) is 1. The van der Waals surface area contributed by atoms with Crippen molar-refractivity contribution in [3.8, 4) is 0 Å². The Labute approximate surface area is 167 Å². The molecule has 3 aromatic rings. The van der Waals surface area contributed by atoms with Gasteiger partial charge in [-0.3, -0.25) is 9.78 Å². The molecule has 1 aromatic carbocycles. The molecular formula is C20H20FN3O4S. The smallest absolute Gasteiger partial charge is 0.291 e. The van der Waals surface area contributed by atoms with Gasteiger partial charge in [-0.25, -0.2) is 12.8 Å². The fourth-order valence-corrected chi connectivity index (χ4v) is 4.46. The second-order valence-electron chi connectivity index (χ2n) is 7.28. The van der Waals surface area contributed by atoms with E-state index in [0.717, 1.165) is 5.56 Å². The first-order chi connectivity index (χ1) is 13.7. The van der Waals surface area contributed by atoms with Crippen molar-refractivity contribution in [2.24, 2.45) is 0 Å². The highest BCUT2D eigenvalue weighted by Gasteiger charge is 2.35. The van der Waals surface area contributed by atoms with Crippen LogP contribution < -0.4 is 5.32 Å². The molecule has 0 radical (unpaired) electrons. The van der Waals surface area contributed by atoms with Crippen molar-refractivity contribution in [2.45, 2.75) is 18.6 Å². The van der Waals surface area contributed by atoms with Gasteiger partial charge in [-0.05, 0) is 37.1 Å². The third-order valence-electron chi connectivity index (χ3n) is 5.11. The molecule has 1 atom stereocenters. The summed E-state index contributed by atoms with van der Waals surface area (Å²) in [4.78, 5) is 18.6. The Hall–Kier alpha value is -2.94. The molecule has 1 N–H and O–H groups in total. The van der Waals surface area contributed by atoms with Crippen LogP contribution in [0.15, 0.2) is 41.1 Å². The number of rotatable bonds is 4. The van der Waals surface area contributed by atoms with E-state index in [4.69, 9.17) is 4.42 Å². The summed E-state index contributed by atoms with van der Waals surface area (Å²) in [6.45, 7) is 2.19. The number of sulfone groups is 1. The van der Waals surface area contributed by atoms with E-state index in [0.29, 0.717) is 29.6 Å². The number of halogens is 1. The summed E-state index contributed by atoms with van der Waals surface area (Å²) in [6.07, 6.45) is 4.62. The van der Waals surface area contributed by atoms with E-state index in [1.54, 1.807) is 25.1 Å². The summed E-state index contributed by atoms with van der Waals surface area (Å²) >= 11 is 0. The molecule has 1 saturated heterocycles. The molecule has 0 bridgehead atoms. The maximum absolute atomic E-state index is 14.4. The zero-order valence-corrected chi connectivity index (χ0v) is 16.8. The zero-order chi connectivity index (χ0) is 20.8. The molecule has 152 valence electrons. The van der Waals surface area contributed by atoms with E-state index < -0.39 is 26.8 Å². The Balaban J connectivity index is 1.73. The van der Waals surface area contributed by atoms with Gasteiger partial charge < -0.3 is 14.6 Å². The predicted molar refractivity (Wildman–Crippen MR) is 108 cm³/mol. The number of benzene rings is 1. The highest BCUT2D eigenvalue weighted by atomic mass is 32.2. The summed E-state index contributed by atoms with van der Waals surface area (Å²) in [5, 5.41) is 2.91. The average molecular weight is 417 g/mol. The van der Waals surface area contributed by atoms with Crippen LogP contribution in [0.25, 0.3) is 11.0 Å². The van der Waals surface area contributed by atoms with Gasteiger partial charge in [0.2, 0.25) is 5.76 Å². The van der Waals surface area contributed by atoms with Crippen LogP contribution in [0.3, 0.4) is 0 Å². The Kier molecular flexibility index (Phi) is 4.77. The Bertz CT molecular complexity index is 1210. The molecule has 0 saturated carbocycles. The van der Waals surface area contributed by atoms with E-state index >= 15 is 0 Å². The third-order valence-corrected chi connectivity index (χ3v) is 6.70. The number of pyridine rings is 1. The number of nitrogens with zero attached hydrogens (tertiary/aromatic N) is 2. The van der Waals surface area contributed by atoms with Gasteiger partial charge in [-0.15, -0.1) is 0 Å². The van der Waals surface area contributed by atoms with Crippen LogP contribution in [-0.2, 0) is 9.84 Å². The minimum absolute atomic E-state index is 0.00197. The minimum atomic E-state index is -3.24. The summed E-state index contributed by atoms with van der Waals surface area (Å²) in [7, 11) is -3.24. The molecule has 0 aliphatic carbocycles. The predicted octanol–water partition coefficient (Wildman–Crippen LogP) is 3.28. The van der Waals surface area contributed by atoms with Crippen LogP contribution in [0.5, 0.6) is 0 Å². The Morgan fingerprint density at radius 3 is 2.83 bits per heavy atom. The van der Waals surface area contributed by atoms with Crippen LogP contribution in [0.4, 0.5) is 15.8 Å². The first-order valence-electron chi connectivity index (χ1n) is 9.12. The summed E-state index contributed by atoms with van der Waals surface area (Å²) in [5.74, 6) is -0.899. The zero-order valence-electron chi connectivity index (χ0n) is 16.0. The van der Waals surface area contributed by atoms with Gasteiger partial charge in [0, 0.05) is 31.7 Å². The molecule has 1 unspecified atom stereocenters. The van der Waals surface area contributed by atoms with Gasteiger partial charge in [0.15, 0.2) is 9.84 Å². The van der Waals surface area contributed by atoms with E-state index in [2.05, 4.69) is 10.3 Å². The number of aryl methyl sites for hydroxylation is 1. The number of carbonyl (C=O) groups excluding carboxylic acids is 1. The van der Waals surface area contributed by atoms with E-state index in [1.807, 2.05) is 0 Å². The molecule has 0 spiro atoms. The molecule has 4 rings (SSSR count). The number of aromatic nitrogens is 1. The van der Waals surface area contributed by atoms with Gasteiger partial charge >= 0.3 is 0 Å². The lowest BCUT2D eigenvalue weighted by Crippen LogP contribution is -2.31. The normalized spacial score (nSPS) is 17.1.